The molecule has 1 N–H and O–H groups in total. The Balaban J connectivity index is 1.82. The van der Waals surface area contributed by atoms with Crippen LogP contribution in [0.1, 0.15) is 37.1 Å². The lowest BCUT2D eigenvalue weighted by Crippen LogP contribution is -2.37. The highest BCUT2D eigenvalue weighted by molar-refractivity contribution is 5.41. The number of rotatable bonds is 4. The summed E-state index contributed by atoms with van der Waals surface area (Å²) in [6, 6.07) is 0.731. The van der Waals surface area contributed by atoms with Gasteiger partial charge in [-0.3, -0.25) is 0 Å². The van der Waals surface area contributed by atoms with Crippen molar-refractivity contribution in [3.8, 4) is 0 Å². The molecule has 1 aliphatic rings. The third kappa shape index (κ3) is 3.42. The van der Waals surface area contributed by atoms with E-state index in [-0.39, 0.29) is 0 Å². The molecule has 0 amide bonds. The number of nitrogens with zero attached hydrogens (tertiary/aromatic N) is 3. The zero-order chi connectivity index (χ0) is 13.0. The van der Waals surface area contributed by atoms with Crippen molar-refractivity contribution in [1.29, 1.82) is 0 Å². The molecule has 1 aliphatic heterocycles. The minimum atomic E-state index is 0.731. The van der Waals surface area contributed by atoms with Crippen molar-refractivity contribution in [3.63, 3.8) is 0 Å². The zero-order valence-corrected chi connectivity index (χ0v) is 11.7. The third-order valence-corrected chi connectivity index (χ3v) is 3.78. The van der Waals surface area contributed by atoms with E-state index in [2.05, 4.69) is 34.2 Å². The minimum Gasteiger partial charge on any atom is -0.370 e. The van der Waals surface area contributed by atoms with E-state index in [0.29, 0.717) is 0 Å². The lowest BCUT2D eigenvalue weighted by atomic mass is 10.0. The van der Waals surface area contributed by atoms with E-state index >= 15 is 0 Å². The molecule has 0 saturated carbocycles. The SMILES string of the molecule is Cc1ncc(C)c(NCC[C@H]2CCCCN2C)n1. The number of aryl methyl sites for hydroxylation is 2. The first kappa shape index (κ1) is 13.3. The van der Waals surface area contributed by atoms with Gasteiger partial charge in [0.15, 0.2) is 0 Å². The van der Waals surface area contributed by atoms with Crippen LogP contribution in [0.2, 0.25) is 0 Å². The van der Waals surface area contributed by atoms with Gasteiger partial charge in [-0.25, -0.2) is 9.97 Å². The van der Waals surface area contributed by atoms with Gasteiger partial charge in [0.25, 0.3) is 0 Å². The van der Waals surface area contributed by atoms with Crippen LogP contribution >= 0.6 is 0 Å². The highest BCUT2D eigenvalue weighted by atomic mass is 15.1. The fraction of sp³-hybridized carbons (Fsp3) is 0.714. The molecule has 4 nitrogen and oxygen atoms in total. The molecule has 2 heterocycles. The van der Waals surface area contributed by atoms with E-state index in [1.807, 2.05) is 13.1 Å². The quantitative estimate of drug-likeness (QED) is 0.888. The normalized spacial score (nSPS) is 20.9. The average molecular weight is 248 g/mol. The second-order valence-corrected chi connectivity index (χ2v) is 5.29. The van der Waals surface area contributed by atoms with Crippen LogP contribution in [0, 0.1) is 13.8 Å². The first-order valence-electron chi connectivity index (χ1n) is 6.91. The summed E-state index contributed by atoms with van der Waals surface area (Å²) in [7, 11) is 2.24. The molecule has 0 bridgehead atoms. The number of likely N-dealkylation sites (tertiary alicyclic amines) is 1. The van der Waals surface area contributed by atoms with Crippen molar-refractivity contribution in [2.24, 2.45) is 0 Å². The smallest absolute Gasteiger partial charge is 0.132 e. The Kier molecular flexibility index (Phi) is 4.53. The maximum absolute atomic E-state index is 4.44. The number of hydrogen-bond donors (Lipinski definition) is 1. The molecule has 0 aromatic carbocycles. The van der Waals surface area contributed by atoms with Gasteiger partial charge in [-0.05, 0) is 46.7 Å². The van der Waals surface area contributed by atoms with Crippen molar-refractivity contribution in [3.05, 3.63) is 17.6 Å². The fourth-order valence-corrected chi connectivity index (χ4v) is 2.58. The maximum atomic E-state index is 4.44. The largest absolute Gasteiger partial charge is 0.370 e. The van der Waals surface area contributed by atoms with E-state index in [1.54, 1.807) is 0 Å². The molecule has 1 saturated heterocycles. The Morgan fingerprint density at radius 2 is 2.22 bits per heavy atom. The Hall–Kier alpha value is -1.16. The standard InChI is InChI=1S/C14H24N4/c1-11-10-16-12(2)17-14(11)15-8-7-13-6-4-5-9-18(13)3/h10,13H,4-9H2,1-3H3,(H,15,16,17)/t13-/m1/s1. The summed E-state index contributed by atoms with van der Waals surface area (Å²) in [6.07, 6.45) is 7.14. The van der Waals surface area contributed by atoms with Crippen LogP contribution in [0.25, 0.3) is 0 Å². The van der Waals surface area contributed by atoms with Gasteiger partial charge < -0.3 is 10.2 Å². The topological polar surface area (TPSA) is 41.1 Å². The van der Waals surface area contributed by atoms with E-state index < -0.39 is 0 Å². The molecule has 18 heavy (non-hydrogen) atoms. The first-order valence-corrected chi connectivity index (χ1v) is 6.91. The Bertz CT molecular complexity index is 391. The lowest BCUT2D eigenvalue weighted by Gasteiger charge is -2.32. The summed E-state index contributed by atoms with van der Waals surface area (Å²) in [4.78, 5) is 11.1. The number of hydrogen-bond acceptors (Lipinski definition) is 4. The summed E-state index contributed by atoms with van der Waals surface area (Å²) in [5.74, 6) is 1.82. The van der Waals surface area contributed by atoms with Crippen LogP contribution < -0.4 is 5.32 Å². The maximum Gasteiger partial charge on any atom is 0.132 e. The molecule has 1 aromatic rings. The Morgan fingerprint density at radius 3 is 3.00 bits per heavy atom. The molecule has 4 heteroatoms. The molecule has 0 radical (unpaired) electrons. The highest BCUT2D eigenvalue weighted by Gasteiger charge is 2.18. The van der Waals surface area contributed by atoms with E-state index in [1.165, 1.54) is 32.2 Å². The van der Waals surface area contributed by atoms with Gasteiger partial charge in [0.2, 0.25) is 0 Å². The molecular weight excluding hydrogens is 224 g/mol. The molecule has 1 fully saturated rings. The predicted molar refractivity (Wildman–Crippen MR) is 74.9 cm³/mol. The monoisotopic (exact) mass is 248 g/mol. The number of anilines is 1. The van der Waals surface area contributed by atoms with Gasteiger partial charge in [-0.1, -0.05) is 6.42 Å². The lowest BCUT2D eigenvalue weighted by molar-refractivity contribution is 0.179. The van der Waals surface area contributed by atoms with Gasteiger partial charge in [0.05, 0.1) is 0 Å². The molecule has 100 valence electrons. The minimum absolute atomic E-state index is 0.731. The summed E-state index contributed by atoms with van der Waals surface area (Å²) >= 11 is 0. The highest BCUT2D eigenvalue weighted by Crippen LogP contribution is 2.18. The van der Waals surface area contributed by atoms with Gasteiger partial charge in [0, 0.05) is 24.3 Å². The number of aromatic nitrogens is 2. The van der Waals surface area contributed by atoms with Crippen LogP contribution in [0.3, 0.4) is 0 Å². The van der Waals surface area contributed by atoms with Crippen LogP contribution in [0.15, 0.2) is 6.20 Å². The van der Waals surface area contributed by atoms with Gasteiger partial charge in [-0.2, -0.15) is 0 Å². The summed E-state index contributed by atoms with van der Waals surface area (Å²) in [6.45, 7) is 6.22. The van der Waals surface area contributed by atoms with Crippen molar-refractivity contribution < 1.29 is 0 Å². The van der Waals surface area contributed by atoms with Gasteiger partial charge >= 0.3 is 0 Å². The van der Waals surface area contributed by atoms with Crippen molar-refractivity contribution in [1.82, 2.24) is 14.9 Å². The van der Waals surface area contributed by atoms with Crippen molar-refractivity contribution in [2.45, 2.75) is 45.6 Å². The zero-order valence-electron chi connectivity index (χ0n) is 11.7. The van der Waals surface area contributed by atoms with Crippen LogP contribution in [0.4, 0.5) is 5.82 Å². The van der Waals surface area contributed by atoms with Crippen molar-refractivity contribution in [2.75, 3.05) is 25.5 Å². The summed E-state index contributed by atoms with van der Waals surface area (Å²) in [5, 5.41) is 3.44. The van der Waals surface area contributed by atoms with Gasteiger partial charge in [0.1, 0.15) is 11.6 Å². The second kappa shape index (κ2) is 6.14. The van der Waals surface area contributed by atoms with E-state index in [9.17, 15) is 0 Å². The van der Waals surface area contributed by atoms with Crippen molar-refractivity contribution >= 4 is 5.82 Å². The molecule has 0 aliphatic carbocycles. The predicted octanol–water partition coefficient (Wildman–Crippen LogP) is 2.38. The average Bonchev–Trinajstić information content (AvgIpc) is 2.36. The number of piperidine rings is 1. The molecule has 1 atom stereocenters. The fourth-order valence-electron chi connectivity index (χ4n) is 2.58. The second-order valence-electron chi connectivity index (χ2n) is 5.29. The molecule has 0 unspecified atom stereocenters. The Labute approximate surface area is 110 Å². The summed E-state index contributed by atoms with van der Waals surface area (Å²) < 4.78 is 0. The summed E-state index contributed by atoms with van der Waals surface area (Å²) in [5.41, 5.74) is 1.12. The first-order chi connectivity index (χ1) is 8.66. The van der Waals surface area contributed by atoms with Crippen LogP contribution in [-0.4, -0.2) is 41.0 Å². The van der Waals surface area contributed by atoms with Crippen LogP contribution in [0.5, 0.6) is 0 Å². The van der Waals surface area contributed by atoms with E-state index in [4.69, 9.17) is 0 Å². The number of nitrogens with one attached hydrogen (secondary N) is 1. The Morgan fingerprint density at radius 1 is 1.39 bits per heavy atom. The van der Waals surface area contributed by atoms with Gasteiger partial charge in [-0.15, -0.1) is 0 Å². The third-order valence-electron chi connectivity index (χ3n) is 3.78. The molecule has 2 rings (SSSR count). The molecule has 0 spiro atoms. The van der Waals surface area contributed by atoms with Crippen LogP contribution in [-0.2, 0) is 0 Å². The molecular formula is C14H24N4. The van der Waals surface area contributed by atoms with E-state index in [0.717, 1.165) is 29.8 Å². The molecule has 1 aromatic heterocycles.